The molecule has 0 aromatic rings. The Balaban J connectivity index is 4.67. The van der Waals surface area contributed by atoms with E-state index in [1.54, 1.807) is 13.0 Å². The van der Waals surface area contributed by atoms with E-state index in [0.717, 1.165) is 5.57 Å². The summed E-state index contributed by atoms with van der Waals surface area (Å²) in [6.45, 7) is 7.14. The third-order valence-electron chi connectivity index (χ3n) is 1.37. The molecule has 0 aliphatic heterocycles. The van der Waals surface area contributed by atoms with Gasteiger partial charge in [-0.15, -0.1) is 0 Å². The van der Waals surface area contributed by atoms with Crippen molar-refractivity contribution >= 4 is 7.12 Å². The molecule has 0 rings (SSSR count). The van der Waals surface area contributed by atoms with Gasteiger partial charge in [0, 0.05) is 0 Å². The Kier molecular flexibility index (Phi) is 4.58. The minimum absolute atomic E-state index is 0.447. The second kappa shape index (κ2) is 4.94. The smallest absolute Gasteiger partial charge is 0.423 e. The van der Waals surface area contributed by atoms with Gasteiger partial charge in [-0.05, 0) is 19.3 Å². The largest absolute Gasteiger partial charge is 0.488 e. The Labute approximate surface area is 67.7 Å². The molecule has 0 aliphatic carbocycles. The Morgan fingerprint density at radius 1 is 1.45 bits per heavy atom. The van der Waals surface area contributed by atoms with Gasteiger partial charge in [0.15, 0.2) is 0 Å². The van der Waals surface area contributed by atoms with Crippen molar-refractivity contribution in [1.82, 2.24) is 0 Å². The number of hydrogen-bond donors (Lipinski definition) is 2. The molecule has 0 aromatic heterocycles. The van der Waals surface area contributed by atoms with E-state index in [2.05, 4.69) is 6.58 Å². The third kappa shape index (κ3) is 3.21. The third-order valence-corrected chi connectivity index (χ3v) is 1.37. The van der Waals surface area contributed by atoms with E-state index in [0.29, 0.717) is 5.47 Å². The summed E-state index contributed by atoms with van der Waals surface area (Å²) in [5, 5.41) is 17.6. The van der Waals surface area contributed by atoms with Crippen LogP contribution >= 0.6 is 0 Å². The fourth-order valence-electron chi connectivity index (χ4n) is 0.816. The summed E-state index contributed by atoms with van der Waals surface area (Å²) >= 11 is 0. The molecule has 0 aromatic carbocycles. The molecule has 0 bridgehead atoms. The van der Waals surface area contributed by atoms with Gasteiger partial charge in [0.25, 0.3) is 0 Å². The molecule has 0 unspecified atom stereocenters. The molecular weight excluding hydrogens is 139 g/mol. The van der Waals surface area contributed by atoms with Gasteiger partial charge in [-0.1, -0.05) is 30.4 Å². The normalized spacial score (nSPS) is 13.1. The second-order valence-corrected chi connectivity index (χ2v) is 2.22. The lowest BCUT2D eigenvalue weighted by molar-refractivity contribution is 0.420. The Morgan fingerprint density at radius 3 is 2.27 bits per heavy atom. The van der Waals surface area contributed by atoms with Gasteiger partial charge in [-0.25, -0.2) is 0 Å². The molecule has 0 fully saturated rings. The highest BCUT2D eigenvalue weighted by Crippen LogP contribution is 2.07. The van der Waals surface area contributed by atoms with Crippen molar-refractivity contribution in [2.24, 2.45) is 0 Å². The Bertz CT molecular complexity index is 192. The minimum atomic E-state index is -1.43. The molecule has 0 aliphatic rings. The van der Waals surface area contributed by atoms with Gasteiger partial charge in [-0.3, -0.25) is 0 Å². The van der Waals surface area contributed by atoms with E-state index in [9.17, 15) is 0 Å². The van der Waals surface area contributed by atoms with Crippen LogP contribution in [0.2, 0.25) is 0 Å². The maximum atomic E-state index is 8.80. The summed E-state index contributed by atoms with van der Waals surface area (Å²) < 4.78 is 0. The maximum Gasteiger partial charge on any atom is 0.488 e. The summed E-state index contributed by atoms with van der Waals surface area (Å²) in [6.07, 6.45) is 5.08. The molecule has 0 radical (unpaired) electrons. The van der Waals surface area contributed by atoms with Gasteiger partial charge in [-0.2, -0.15) is 0 Å². The molecule has 2 N–H and O–H groups in total. The fraction of sp³-hybridized carbons (Fsp3) is 0.250. The molecule has 0 atom stereocenters. The first-order valence-corrected chi connectivity index (χ1v) is 3.45. The second-order valence-electron chi connectivity index (χ2n) is 2.22. The highest BCUT2D eigenvalue weighted by Gasteiger charge is 2.12. The van der Waals surface area contributed by atoms with E-state index in [4.69, 9.17) is 10.0 Å². The lowest BCUT2D eigenvalue weighted by atomic mass is 9.76. The molecule has 60 valence electrons. The van der Waals surface area contributed by atoms with Gasteiger partial charge >= 0.3 is 7.12 Å². The van der Waals surface area contributed by atoms with Crippen molar-refractivity contribution in [3.05, 3.63) is 35.9 Å². The number of rotatable bonds is 3. The molecule has 0 spiro atoms. The zero-order valence-corrected chi connectivity index (χ0v) is 6.91. The zero-order valence-electron chi connectivity index (χ0n) is 6.91. The van der Waals surface area contributed by atoms with Gasteiger partial charge in [0.2, 0.25) is 0 Å². The van der Waals surface area contributed by atoms with Crippen LogP contribution in [-0.2, 0) is 0 Å². The molecule has 0 saturated carbocycles. The van der Waals surface area contributed by atoms with E-state index >= 15 is 0 Å². The molecule has 2 nitrogen and oxygen atoms in total. The molecular formula is C8H13BO2. The number of allylic oxidation sites excluding steroid dienone is 5. The van der Waals surface area contributed by atoms with Crippen LogP contribution in [0.1, 0.15) is 13.8 Å². The summed E-state index contributed by atoms with van der Waals surface area (Å²) in [5.41, 5.74) is 1.26. The lowest BCUT2D eigenvalue weighted by Crippen LogP contribution is -2.14. The average molecular weight is 152 g/mol. The predicted octanol–water partition coefficient (Wildman–Crippen LogP) is 1.08. The standard InChI is InChI=1S/C8H13BO2/c1-4-6-7(3)8(5-2)9(10)11/h4-6,10-11H,2H2,1,3H3. The van der Waals surface area contributed by atoms with E-state index in [1.807, 2.05) is 13.0 Å². The molecule has 0 heterocycles. The minimum Gasteiger partial charge on any atom is -0.423 e. The van der Waals surface area contributed by atoms with E-state index in [-0.39, 0.29) is 0 Å². The number of hydrogen-bond acceptors (Lipinski definition) is 2. The first-order chi connectivity index (χ1) is 5.13. The van der Waals surface area contributed by atoms with E-state index in [1.165, 1.54) is 6.08 Å². The lowest BCUT2D eigenvalue weighted by Gasteiger charge is -2.01. The van der Waals surface area contributed by atoms with Crippen molar-refractivity contribution in [2.45, 2.75) is 13.8 Å². The summed E-state index contributed by atoms with van der Waals surface area (Å²) in [6, 6.07) is 0. The fourth-order valence-corrected chi connectivity index (χ4v) is 0.816. The SMILES string of the molecule is C=CC(B(O)O)=C(C)C=CC. The first kappa shape index (κ1) is 10.2. The quantitative estimate of drug-likeness (QED) is 0.469. The van der Waals surface area contributed by atoms with Gasteiger partial charge in [0.05, 0.1) is 0 Å². The van der Waals surface area contributed by atoms with Crippen LogP contribution in [-0.4, -0.2) is 17.2 Å². The average Bonchev–Trinajstić information content (AvgIpc) is 1.88. The Hall–Kier alpha value is -0.795. The van der Waals surface area contributed by atoms with Crippen LogP contribution in [0, 0.1) is 0 Å². The molecule has 0 saturated heterocycles. The zero-order chi connectivity index (χ0) is 8.85. The van der Waals surface area contributed by atoms with Crippen LogP contribution in [0.15, 0.2) is 35.9 Å². The monoisotopic (exact) mass is 152 g/mol. The predicted molar refractivity (Wildman–Crippen MR) is 47.9 cm³/mol. The highest BCUT2D eigenvalue weighted by atomic mass is 16.4. The summed E-state index contributed by atoms with van der Waals surface area (Å²) in [5.74, 6) is 0. The van der Waals surface area contributed by atoms with Crippen molar-refractivity contribution in [2.75, 3.05) is 0 Å². The molecule has 0 amide bonds. The van der Waals surface area contributed by atoms with Crippen molar-refractivity contribution < 1.29 is 10.0 Å². The first-order valence-electron chi connectivity index (χ1n) is 3.45. The summed E-state index contributed by atoms with van der Waals surface area (Å²) in [7, 11) is -1.43. The van der Waals surface area contributed by atoms with Crippen molar-refractivity contribution in [1.29, 1.82) is 0 Å². The maximum absolute atomic E-state index is 8.80. The molecule has 3 heteroatoms. The van der Waals surface area contributed by atoms with Crippen LogP contribution in [0.25, 0.3) is 0 Å². The van der Waals surface area contributed by atoms with Crippen LogP contribution in [0.5, 0.6) is 0 Å². The van der Waals surface area contributed by atoms with E-state index < -0.39 is 7.12 Å². The topological polar surface area (TPSA) is 40.5 Å². The highest BCUT2D eigenvalue weighted by molar-refractivity contribution is 6.52. The van der Waals surface area contributed by atoms with Crippen LogP contribution in [0.4, 0.5) is 0 Å². The van der Waals surface area contributed by atoms with Gasteiger partial charge < -0.3 is 10.0 Å². The van der Waals surface area contributed by atoms with Crippen LogP contribution in [0.3, 0.4) is 0 Å². The van der Waals surface area contributed by atoms with Crippen LogP contribution < -0.4 is 0 Å². The molecule has 11 heavy (non-hydrogen) atoms. The van der Waals surface area contributed by atoms with Gasteiger partial charge in [0.1, 0.15) is 0 Å². The Morgan fingerprint density at radius 2 is 2.00 bits per heavy atom. The summed E-state index contributed by atoms with van der Waals surface area (Å²) in [4.78, 5) is 0. The van der Waals surface area contributed by atoms with Crippen molar-refractivity contribution in [3.8, 4) is 0 Å². The van der Waals surface area contributed by atoms with Crippen molar-refractivity contribution in [3.63, 3.8) is 0 Å².